The SMILES string of the molecule is Cc1cc(C)cc(Cn2c3ccccc3c3c(C(N)=O)cccc32)c1.Cc1cccc(Cn2c3cccc(OCC(=O)O)c3c3c(C(N)=O)cccc32)c1.Cc1ccccc1Cn1c2cccc(OCC(=O)O)c2c2c(C(N)=O)cccc21. The van der Waals surface area contributed by atoms with Crippen LogP contribution in [-0.4, -0.2) is 66.8 Å². The summed E-state index contributed by atoms with van der Waals surface area (Å²) in [6.07, 6.45) is 0. The first kappa shape index (κ1) is 55.6. The monoisotopic (exact) mass is 1100 g/mol. The molecule has 0 atom stereocenters. The maximum Gasteiger partial charge on any atom is 0.341 e. The number of benzene rings is 9. The van der Waals surface area contributed by atoms with Gasteiger partial charge < -0.3 is 50.6 Å². The summed E-state index contributed by atoms with van der Waals surface area (Å²) < 4.78 is 17.6. The lowest BCUT2D eigenvalue weighted by Gasteiger charge is -2.11. The molecule has 8 N–H and O–H groups in total. The standard InChI is InChI=1S/2C23H20N2O4.C22H20N2O/c1-14-5-2-6-15(11-14)12-25-17-8-3-7-16(23(24)28)21(17)22-18(25)9-4-10-19(22)29-13-20(26)27;1-14-6-2-3-7-15(14)12-25-17-9-4-8-16(23(24)28)21(17)22-18(25)10-5-11-19(22)29-13-20(26)27;1-14-10-15(2)12-16(11-14)13-24-19-8-4-3-6-17(19)21-18(22(23)25)7-5-9-20(21)24/h2*2-11H,12-13H2,1H3,(H2,24,28)(H,26,27);3-12H,13H2,1-2H3,(H2,23,25). The Morgan fingerprint density at radius 3 is 1.29 bits per heavy atom. The summed E-state index contributed by atoms with van der Waals surface area (Å²) in [5.74, 6) is -2.79. The summed E-state index contributed by atoms with van der Waals surface area (Å²) in [6, 6.07) is 58.6. The number of para-hydroxylation sites is 1. The quantitative estimate of drug-likeness (QED) is 0.0655. The molecule has 0 unspecified atom stereocenters. The van der Waals surface area contributed by atoms with Gasteiger partial charge in [0.25, 0.3) is 0 Å². The molecule has 15 nitrogen and oxygen atoms in total. The van der Waals surface area contributed by atoms with Crippen LogP contribution in [0, 0.1) is 27.7 Å². The van der Waals surface area contributed by atoms with Crippen molar-refractivity contribution in [2.75, 3.05) is 13.2 Å². The predicted octanol–water partition coefficient (Wildman–Crippen LogP) is 12.0. The molecule has 12 aromatic rings. The number of ether oxygens (including phenoxy) is 2. The summed E-state index contributed by atoms with van der Waals surface area (Å²) in [6.45, 7) is 9.34. The molecule has 15 heteroatoms. The highest BCUT2D eigenvalue weighted by Gasteiger charge is 2.23. The molecule has 0 fully saturated rings. The minimum atomic E-state index is -1.07. The molecule has 0 spiro atoms. The Bertz CT molecular complexity index is 4530. The first-order chi connectivity index (χ1) is 40.0. The molecule has 0 aliphatic heterocycles. The third-order valence-corrected chi connectivity index (χ3v) is 14.7. The smallest absolute Gasteiger partial charge is 0.341 e. The minimum Gasteiger partial charge on any atom is -0.481 e. The van der Waals surface area contributed by atoms with Gasteiger partial charge in [0.1, 0.15) is 11.5 Å². The van der Waals surface area contributed by atoms with Crippen LogP contribution in [0.4, 0.5) is 0 Å². The van der Waals surface area contributed by atoms with Crippen LogP contribution in [0.3, 0.4) is 0 Å². The van der Waals surface area contributed by atoms with Crippen LogP contribution >= 0.6 is 0 Å². The number of nitrogens with zero attached hydrogens (tertiary/aromatic N) is 3. The van der Waals surface area contributed by atoms with Crippen LogP contribution in [0.15, 0.2) is 182 Å². The van der Waals surface area contributed by atoms with Gasteiger partial charge in [0.05, 0.1) is 38.4 Å². The lowest BCUT2D eigenvalue weighted by Crippen LogP contribution is -2.11. The average Bonchev–Trinajstić information content (AvgIpc) is 2.65. The van der Waals surface area contributed by atoms with Crippen molar-refractivity contribution in [2.45, 2.75) is 47.3 Å². The molecule has 0 aliphatic carbocycles. The predicted molar refractivity (Wildman–Crippen MR) is 326 cm³/mol. The van der Waals surface area contributed by atoms with E-state index in [-0.39, 0.29) is 5.91 Å². The largest absolute Gasteiger partial charge is 0.481 e. The number of hydrogen-bond donors (Lipinski definition) is 5. The van der Waals surface area contributed by atoms with Crippen LogP contribution in [0.25, 0.3) is 65.4 Å². The number of nitrogens with two attached hydrogens (primary N) is 3. The second kappa shape index (κ2) is 23.6. The summed E-state index contributed by atoms with van der Waals surface area (Å²) >= 11 is 0. The maximum atomic E-state index is 12.1. The van der Waals surface area contributed by atoms with E-state index >= 15 is 0 Å². The van der Waals surface area contributed by atoms with E-state index in [1.54, 1.807) is 42.5 Å². The fourth-order valence-corrected chi connectivity index (χ4v) is 11.3. The number of fused-ring (bicyclic) bond motifs is 9. The number of carboxylic acid groups (broad SMARTS) is 2. The molecule has 3 aromatic heterocycles. The summed E-state index contributed by atoms with van der Waals surface area (Å²) in [4.78, 5) is 58.2. The van der Waals surface area contributed by atoms with Gasteiger partial charge in [-0.25, -0.2) is 9.59 Å². The number of aryl methyl sites for hydroxylation is 4. The van der Waals surface area contributed by atoms with Crippen LogP contribution in [-0.2, 0) is 29.2 Å². The lowest BCUT2D eigenvalue weighted by atomic mass is 10.1. The van der Waals surface area contributed by atoms with Crippen molar-refractivity contribution in [2.24, 2.45) is 17.2 Å². The maximum absolute atomic E-state index is 12.1. The number of carboxylic acids is 2. The third kappa shape index (κ3) is 11.4. The zero-order valence-electron chi connectivity index (χ0n) is 46.2. The van der Waals surface area contributed by atoms with Crippen LogP contribution < -0.4 is 26.7 Å². The Morgan fingerprint density at radius 1 is 0.386 bits per heavy atom. The second-order valence-corrected chi connectivity index (χ2v) is 20.5. The fourth-order valence-electron chi connectivity index (χ4n) is 11.3. The van der Waals surface area contributed by atoms with Crippen LogP contribution in [0.1, 0.15) is 70.0 Å². The molecular formula is C68H60N6O9. The molecule has 0 aliphatic rings. The van der Waals surface area contributed by atoms with Gasteiger partial charge in [-0.2, -0.15) is 0 Å². The van der Waals surface area contributed by atoms with Gasteiger partial charge in [0, 0.05) is 63.4 Å². The van der Waals surface area contributed by atoms with Crippen molar-refractivity contribution < 1.29 is 43.7 Å². The van der Waals surface area contributed by atoms with Gasteiger partial charge in [-0.3, -0.25) is 14.4 Å². The number of carbonyl (C=O) groups is 5. The Morgan fingerprint density at radius 2 is 0.783 bits per heavy atom. The molecule has 83 heavy (non-hydrogen) atoms. The van der Waals surface area contributed by atoms with Crippen LogP contribution in [0.5, 0.6) is 11.5 Å². The normalized spacial score (nSPS) is 11.1. The van der Waals surface area contributed by atoms with Crippen molar-refractivity contribution in [3.63, 3.8) is 0 Å². The summed E-state index contributed by atoms with van der Waals surface area (Å²) in [7, 11) is 0. The number of rotatable bonds is 15. The summed E-state index contributed by atoms with van der Waals surface area (Å²) in [5, 5.41) is 22.8. The Kier molecular flexibility index (Phi) is 15.8. The fraction of sp³-hybridized carbons (Fsp3) is 0.132. The molecule has 0 bridgehead atoms. The van der Waals surface area contributed by atoms with Gasteiger partial charge in [0.2, 0.25) is 17.7 Å². The minimum absolute atomic E-state index is 0.377. The highest BCUT2D eigenvalue weighted by molar-refractivity contribution is 6.21. The number of hydrogen-bond acceptors (Lipinski definition) is 7. The van der Waals surface area contributed by atoms with Crippen molar-refractivity contribution in [1.82, 2.24) is 13.7 Å². The highest BCUT2D eigenvalue weighted by atomic mass is 16.5. The van der Waals surface area contributed by atoms with E-state index in [0.29, 0.717) is 62.8 Å². The number of amides is 3. The lowest BCUT2D eigenvalue weighted by molar-refractivity contribution is -0.140. The van der Waals surface area contributed by atoms with E-state index in [0.717, 1.165) is 72.7 Å². The number of carbonyl (C=O) groups excluding carboxylic acids is 3. The van der Waals surface area contributed by atoms with Crippen molar-refractivity contribution in [3.05, 3.63) is 238 Å². The van der Waals surface area contributed by atoms with E-state index in [4.69, 9.17) is 36.9 Å². The topological polar surface area (TPSA) is 237 Å². The Labute approximate surface area is 477 Å². The zero-order chi connectivity index (χ0) is 58.6. The van der Waals surface area contributed by atoms with Gasteiger partial charge >= 0.3 is 11.9 Å². The van der Waals surface area contributed by atoms with E-state index in [9.17, 15) is 24.0 Å². The van der Waals surface area contributed by atoms with E-state index in [1.165, 1.54) is 16.7 Å². The molecule has 0 saturated heterocycles. The number of aromatic nitrogens is 3. The van der Waals surface area contributed by atoms with E-state index < -0.39 is 37.0 Å². The Hall–Kier alpha value is -10.7. The second-order valence-electron chi connectivity index (χ2n) is 20.5. The van der Waals surface area contributed by atoms with Gasteiger partial charge in [-0.15, -0.1) is 0 Å². The Balaban J connectivity index is 0.000000140. The molecule has 0 radical (unpaired) electrons. The first-order valence-electron chi connectivity index (χ1n) is 26.8. The summed E-state index contributed by atoms with van der Waals surface area (Å²) in [5.41, 5.74) is 32.1. The van der Waals surface area contributed by atoms with Gasteiger partial charge in [0.15, 0.2) is 13.2 Å². The molecule has 3 amide bonds. The molecule has 0 saturated carbocycles. The van der Waals surface area contributed by atoms with E-state index in [2.05, 4.69) is 89.1 Å². The van der Waals surface area contributed by atoms with E-state index in [1.807, 2.05) is 91.9 Å². The van der Waals surface area contributed by atoms with Crippen molar-refractivity contribution in [3.8, 4) is 11.5 Å². The third-order valence-electron chi connectivity index (χ3n) is 14.7. The average molecular weight is 1110 g/mol. The van der Waals surface area contributed by atoms with Crippen LogP contribution in [0.2, 0.25) is 0 Å². The van der Waals surface area contributed by atoms with Crippen molar-refractivity contribution >= 4 is 95.1 Å². The molecule has 3 heterocycles. The molecular weight excluding hydrogens is 1040 g/mol. The van der Waals surface area contributed by atoms with Gasteiger partial charge in [-0.05, 0) is 117 Å². The number of aliphatic carboxylic acids is 2. The van der Waals surface area contributed by atoms with Gasteiger partial charge in [-0.1, -0.05) is 132 Å². The molecule has 12 rings (SSSR count). The van der Waals surface area contributed by atoms with Crippen molar-refractivity contribution in [1.29, 1.82) is 0 Å². The molecule has 9 aromatic carbocycles. The highest BCUT2D eigenvalue weighted by Crippen LogP contribution is 2.40. The zero-order valence-corrected chi connectivity index (χ0v) is 46.2. The first-order valence-corrected chi connectivity index (χ1v) is 26.8. The molecule has 416 valence electrons. The number of primary amides is 3.